The van der Waals surface area contributed by atoms with Crippen LogP contribution in [0, 0.1) is 19.3 Å². The molecule has 0 N–H and O–H groups in total. The summed E-state index contributed by atoms with van der Waals surface area (Å²) >= 11 is 10.4. The van der Waals surface area contributed by atoms with Crippen molar-refractivity contribution >= 4 is 64.9 Å². The van der Waals surface area contributed by atoms with Gasteiger partial charge in [-0.2, -0.15) is 9.78 Å². The lowest BCUT2D eigenvalue weighted by molar-refractivity contribution is 0.297. The van der Waals surface area contributed by atoms with Crippen LogP contribution in [-0.2, 0) is 0 Å². The molecule has 0 atom stereocenters. The van der Waals surface area contributed by atoms with E-state index in [2.05, 4.69) is 63.8 Å². The van der Waals surface area contributed by atoms with Crippen LogP contribution in [0.2, 0.25) is 0 Å². The molecule has 0 aliphatic rings. The highest BCUT2D eigenvalue weighted by Crippen LogP contribution is 2.42. The van der Waals surface area contributed by atoms with E-state index < -0.39 is 0 Å². The van der Waals surface area contributed by atoms with Crippen LogP contribution in [0.5, 0.6) is 11.5 Å². The SMILES string of the molecule is C#CCOc1c(OCC)cc(C=Nn2c(C)nc3ccc(Br)cc3c2=O)c(Br)c1Br. The lowest BCUT2D eigenvalue weighted by atomic mass is 10.2. The van der Waals surface area contributed by atoms with Crippen LogP contribution in [0.25, 0.3) is 10.9 Å². The maximum Gasteiger partial charge on any atom is 0.282 e. The monoisotopic (exact) mass is 595 g/mol. The van der Waals surface area contributed by atoms with Crippen molar-refractivity contribution in [2.24, 2.45) is 5.10 Å². The highest BCUT2D eigenvalue weighted by Gasteiger charge is 2.17. The minimum atomic E-state index is -0.260. The first-order valence-corrected chi connectivity index (χ1v) is 11.2. The number of nitrogens with zero attached hydrogens (tertiary/aromatic N) is 3. The molecule has 0 amide bonds. The molecule has 0 saturated heterocycles. The van der Waals surface area contributed by atoms with Crippen LogP contribution < -0.4 is 15.0 Å². The van der Waals surface area contributed by atoms with Gasteiger partial charge in [0.15, 0.2) is 11.5 Å². The topological polar surface area (TPSA) is 65.7 Å². The Balaban J connectivity index is 2.10. The molecule has 30 heavy (non-hydrogen) atoms. The van der Waals surface area contributed by atoms with Crippen LogP contribution in [0.4, 0.5) is 0 Å². The lowest BCUT2D eigenvalue weighted by Gasteiger charge is -2.15. The first kappa shape index (κ1) is 22.5. The van der Waals surface area contributed by atoms with E-state index in [1.54, 1.807) is 31.3 Å². The highest BCUT2D eigenvalue weighted by molar-refractivity contribution is 9.13. The molecule has 0 unspecified atom stereocenters. The van der Waals surface area contributed by atoms with Crippen molar-refractivity contribution in [2.75, 3.05) is 13.2 Å². The van der Waals surface area contributed by atoms with Crippen LogP contribution in [0.3, 0.4) is 0 Å². The number of terminal acetylenes is 1. The van der Waals surface area contributed by atoms with E-state index in [1.165, 1.54) is 4.68 Å². The Morgan fingerprint density at radius 1 is 1.23 bits per heavy atom. The van der Waals surface area contributed by atoms with Crippen LogP contribution >= 0.6 is 47.8 Å². The van der Waals surface area contributed by atoms with Gasteiger partial charge in [0.2, 0.25) is 0 Å². The summed E-state index contributed by atoms with van der Waals surface area (Å²) in [4.78, 5) is 17.4. The van der Waals surface area contributed by atoms with Crippen LogP contribution in [0.1, 0.15) is 18.3 Å². The van der Waals surface area contributed by atoms with E-state index in [0.29, 0.717) is 49.3 Å². The van der Waals surface area contributed by atoms with Crippen molar-refractivity contribution in [1.82, 2.24) is 9.66 Å². The number of aryl methyl sites for hydroxylation is 1. The van der Waals surface area contributed by atoms with Gasteiger partial charge in [-0.1, -0.05) is 21.9 Å². The van der Waals surface area contributed by atoms with E-state index in [4.69, 9.17) is 15.9 Å². The van der Waals surface area contributed by atoms with Gasteiger partial charge in [-0.15, -0.1) is 6.42 Å². The fourth-order valence-electron chi connectivity index (χ4n) is 2.73. The second kappa shape index (κ2) is 9.77. The van der Waals surface area contributed by atoms with Gasteiger partial charge in [0.1, 0.15) is 12.4 Å². The average molecular weight is 598 g/mol. The number of fused-ring (bicyclic) bond motifs is 1. The Morgan fingerprint density at radius 2 is 2.00 bits per heavy atom. The quantitative estimate of drug-likeness (QED) is 0.286. The van der Waals surface area contributed by atoms with Crippen molar-refractivity contribution in [3.63, 3.8) is 0 Å². The molecule has 9 heteroatoms. The zero-order valence-corrected chi connectivity index (χ0v) is 20.8. The summed E-state index contributed by atoms with van der Waals surface area (Å²) in [6.07, 6.45) is 6.86. The first-order valence-electron chi connectivity index (χ1n) is 8.81. The largest absolute Gasteiger partial charge is 0.490 e. The van der Waals surface area contributed by atoms with Gasteiger partial charge < -0.3 is 9.47 Å². The Morgan fingerprint density at radius 3 is 2.70 bits per heavy atom. The predicted octanol–water partition coefficient (Wildman–Crippen LogP) is 5.29. The molecule has 0 spiro atoms. The average Bonchev–Trinajstić information content (AvgIpc) is 2.72. The van der Waals surface area contributed by atoms with Crippen molar-refractivity contribution in [2.45, 2.75) is 13.8 Å². The van der Waals surface area contributed by atoms with Crippen molar-refractivity contribution < 1.29 is 9.47 Å². The van der Waals surface area contributed by atoms with Crippen LogP contribution in [0.15, 0.2) is 47.6 Å². The van der Waals surface area contributed by atoms with Crippen LogP contribution in [-0.4, -0.2) is 29.1 Å². The zero-order valence-electron chi connectivity index (χ0n) is 16.1. The third-order valence-electron chi connectivity index (χ3n) is 4.04. The molecule has 0 bridgehead atoms. The second-order valence-electron chi connectivity index (χ2n) is 6.03. The maximum atomic E-state index is 12.9. The molecular formula is C21H16Br3N3O3. The number of hydrogen-bond donors (Lipinski definition) is 0. The summed E-state index contributed by atoms with van der Waals surface area (Å²) in [5.74, 6) is 3.91. The highest BCUT2D eigenvalue weighted by atomic mass is 79.9. The minimum Gasteiger partial charge on any atom is -0.490 e. The molecule has 0 saturated carbocycles. The molecule has 2 aromatic carbocycles. The maximum absolute atomic E-state index is 12.9. The third kappa shape index (κ3) is 4.61. The van der Waals surface area contributed by atoms with Crippen molar-refractivity contribution in [3.05, 3.63) is 59.4 Å². The summed E-state index contributed by atoms with van der Waals surface area (Å²) in [6.45, 7) is 4.15. The van der Waals surface area contributed by atoms with E-state index in [9.17, 15) is 4.79 Å². The van der Waals surface area contributed by atoms with Gasteiger partial charge in [-0.05, 0) is 70.0 Å². The lowest BCUT2D eigenvalue weighted by Crippen LogP contribution is -2.20. The summed E-state index contributed by atoms with van der Waals surface area (Å²) in [5.41, 5.74) is 1.04. The molecule has 0 fully saturated rings. The van der Waals surface area contributed by atoms with E-state index in [0.717, 1.165) is 4.47 Å². The van der Waals surface area contributed by atoms with E-state index in [-0.39, 0.29) is 12.2 Å². The Hall–Kier alpha value is -2.15. The number of benzene rings is 2. The summed E-state index contributed by atoms with van der Waals surface area (Å²) < 4.78 is 14.7. The Bertz CT molecular complexity index is 1250. The number of hydrogen-bond acceptors (Lipinski definition) is 5. The number of ether oxygens (including phenoxy) is 2. The van der Waals surface area contributed by atoms with Gasteiger partial charge in [0.25, 0.3) is 5.56 Å². The number of aromatic nitrogens is 2. The van der Waals surface area contributed by atoms with Gasteiger partial charge in [-0.3, -0.25) is 4.79 Å². The Kier molecular flexibility index (Phi) is 7.34. The van der Waals surface area contributed by atoms with Crippen molar-refractivity contribution in [1.29, 1.82) is 0 Å². The van der Waals surface area contributed by atoms with Gasteiger partial charge in [0, 0.05) is 14.5 Å². The van der Waals surface area contributed by atoms with Crippen molar-refractivity contribution in [3.8, 4) is 23.8 Å². The predicted molar refractivity (Wildman–Crippen MR) is 129 cm³/mol. The summed E-state index contributed by atoms with van der Waals surface area (Å²) in [5, 5.41) is 4.84. The molecule has 154 valence electrons. The molecule has 1 heterocycles. The molecule has 1 aromatic heterocycles. The van der Waals surface area contributed by atoms with Gasteiger partial charge >= 0.3 is 0 Å². The Labute approximate surface area is 198 Å². The van der Waals surface area contributed by atoms with Gasteiger partial charge in [-0.25, -0.2) is 4.98 Å². The summed E-state index contributed by atoms with van der Waals surface area (Å²) in [6, 6.07) is 7.13. The zero-order chi connectivity index (χ0) is 21.8. The van der Waals surface area contributed by atoms with E-state index in [1.807, 2.05) is 13.0 Å². The fourth-order valence-corrected chi connectivity index (χ4v) is 4.02. The molecule has 0 radical (unpaired) electrons. The molecular weight excluding hydrogens is 582 g/mol. The standard InChI is InChI=1S/C21H16Br3N3O3/c1-4-8-30-20-17(29-5-2)9-13(18(23)19(20)24)11-25-27-12(3)26-16-7-6-14(22)10-15(16)21(27)28/h1,6-7,9-11H,5,8H2,2-3H3. The molecule has 0 aliphatic heterocycles. The fraction of sp³-hybridized carbons (Fsp3) is 0.190. The smallest absolute Gasteiger partial charge is 0.282 e. The third-order valence-corrected chi connectivity index (χ3v) is 6.67. The molecule has 0 aliphatic carbocycles. The van der Waals surface area contributed by atoms with Gasteiger partial charge in [0.05, 0.1) is 28.2 Å². The first-order chi connectivity index (χ1) is 14.4. The van der Waals surface area contributed by atoms with E-state index >= 15 is 0 Å². The minimum absolute atomic E-state index is 0.103. The molecule has 6 nitrogen and oxygen atoms in total. The molecule has 3 aromatic rings. The second-order valence-corrected chi connectivity index (χ2v) is 8.53. The normalized spacial score (nSPS) is 11.1. The number of rotatable bonds is 6. The molecule has 3 rings (SSSR count). The summed E-state index contributed by atoms with van der Waals surface area (Å²) in [7, 11) is 0. The number of halogens is 3.